The minimum atomic E-state index is -3.42. The van der Waals surface area contributed by atoms with Crippen molar-refractivity contribution < 1.29 is 13.2 Å². The van der Waals surface area contributed by atoms with Crippen molar-refractivity contribution in [2.45, 2.75) is 35.9 Å². The van der Waals surface area contributed by atoms with Crippen molar-refractivity contribution in [2.24, 2.45) is 0 Å². The Kier molecular flexibility index (Phi) is 4.50. The maximum absolute atomic E-state index is 12.7. The van der Waals surface area contributed by atoms with Gasteiger partial charge in [0.15, 0.2) is 0 Å². The average Bonchev–Trinajstić information content (AvgIpc) is 3.23. The molecule has 1 amide bonds. The van der Waals surface area contributed by atoms with Crippen LogP contribution >= 0.6 is 11.3 Å². The van der Waals surface area contributed by atoms with E-state index in [0.29, 0.717) is 6.54 Å². The third-order valence-corrected chi connectivity index (χ3v) is 7.43. The third-order valence-electron chi connectivity index (χ3n) is 4.44. The molecule has 2 N–H and O–H groups in total. The fraction of sp³-hybridized carbons (Fsp3) is 0.353. The first-order valence-corrected chi connectivity index (χ1v) is 10.1. The maximum atomic E-state index is 12.7. The van der Waals surface area contributed by atoms with Crippen LogP contribution in [0.3, 0.4) is 0 Å². The van der Waals surface area contributed by atoms with Crippen molar-refractivity contribution in [3.63, 3.8) is 0 Å². The second kappa shape index (κ2) is 6.31. The van der Waals surface area contributed by atoms with E-state index in [9.17, 15) is 13.2 Å². The van der Waals surface area contributed by atoms with Crippen LogP contribution in [0.4, 0.5) is 0 Å². The van der Waals surface area contributed by atoms with E-state index in [4.69, 9.17) is 0 Å². The molecular formula is C17H20N2O3S2. The molecule has 0 spiro atoms. The Labute approximate surface area is 146 Å². The van der Waals surface area contributed by atoms with Gasteiger partial charge in [-0.3, -0.25) is 4.79 Å². The summed E-state index contributed by atoms with van der Waals surface area (Å²) in [6, 6.07) is 11.3. The van der Waals surface area contributed by atoms with Crippen molar-refractivity contribution in [3.8, 4) is 0 Å². The molecule has 24 heavy (non-hydrogen) atoms. The smallest absolute Gasteiger partial charge is 0.249 e. The van der Waals surface area contributed by atoms with Crippen molar-refractivity contribution >= 4 is 27.3 Å². The van der Waals surface area contributed by atoms with Gasteiger partial charge in [-0.2, -0.15) is 0 Å². The molecule has 1 aliphatic carbocycles. The number of rotatable bonds is 6. The first kappa shape index (κ1) is 17.1. The second-order valence-corrected chi connectivity index (χ2v) is 9.29. The van der Waals surface area contributed by atoms with E-state index in [1.54, 1.807) is 12.1 Å². The SMILES string of the molecule is CNS(=O)(=O)c1ccc(CNC(=O)C2(c3ccccc3C)CC2)s1. The average molecular weight is 364 g/mol. The van der Waals surface area contributed by atoms with Crippen molar-refractivity contribution in [3.05, 3.63) is 52.4 Å². The molecular weight excluding hydrogens is 344 g/mol. The van der Waals surface area contributed by atoms with Gasteiger partial charge in [0.05, 0.1) is 12.0 Å². The molecule has 5 nitrogen and oxygen atoms in total. The topological polar surface area (TPSA) is 75.3 Å². The van der Waals surface area contributed by atoms with Gasteiger partial charge in [0.25, 0.3) is 0 Å². The van der Waals surface area contributed by atoms with Gasteiger partial charge in [-0.15, -0.1) is 11.3 Å². The van der Waals surface area contributed by atoms with Gasteiger partial charge in [-0.25, -0.2) is 13.1 Å². The van der Waals surface area contributed by atoms with Crippen LogP contribution in [0.25, 0.3) is 0 Å². The molecule has 7 heteroatoms. The van der Waals surface area contributed by atoms with Crippen LogP contribution in [0.1, 0.15) is 28.8 Å². The lowest BCUT2D eigenvalue weighted by Crippen LogP contribution is -2.34. The van der Waals surface area contributed by atoms with Crippen LogP contribution in [0.5, 0.6) is 0 Å². The molecule has 0 bridgehead atoms. The molecule has 0 atom stereocenters. The number of hydrogen-bond donors (Lipinski definition) is 2. The Morgan fingerprint density at radius 1 is 1.21 bits per heavy atom. The number of benzene rings is 1. The second-order valence-electron chi connectivity index (χ2n) is 6.01. The van der Waals surface area contributed by atoms with Crippen LogP contribution < -0.4 is 10.0 Å². The first-order valence-electron chi connectivity index (χ1n) is 7.76. The zero-order chi connectivity index (χ0) is 17.4. The molecule has 1 aromatic heterocycles. The fourth-order valence-electron chi connectivity index (χ4n) is 2.89. The molecule has 1 saturated carbocycles. The molecule has 1 aliphatic rings. The lowest BCUT2D eigenvalue weighted by atomic mass is 9.91. The highest BCUT2D eigenvalue weighted by molar-refractivity contribution is 7.91. The summed E-state index contributed by atoms with van der Waals surface area (Å²) in [7, 11) is -2.04. The highest BCUT2D eigenvalue weighted by Crippen LogP contribution is 2.49. The molecule has 0 aliphatic heterocycles. The van der Waals surface area contributed by atoms with Gasteiger partial charge in [0.2, 0.25) is 15.9 Å². The quantitative estimate of drug-likeness (QED) is 0.826. The number of aryl methyl sites for hydroxylation is 1. The summed E-state index contributed by atoms with van der Waals surface area (Å²) in [5, 5.41) is 2.97. The van der Waals surface area contributed by atoms with Crippen molar-refractivity contribution in [1.82, 2.24) is 10.0 Å². The molecule has 0 unspecified atom stereocenters. The summed E-state index contributed by atoms with van der Waals surface area (Å²) in [6.45, 7) is 2.37. The van der Waals surface area contributed by atoms with Gasteiger partial charge in [-0.05, 0) is 50.1 Å². The van der Waals surface area contributed by atoms with E-state index in [2.05, 4.69) is 10.0 Å². The normalized spacial score (nSPS) is 15.9. The number of hydrogen-bond acceptors (Lipinski definition) is 4. The largest absolute Gasteiger partial charge is 0.350 e. The standard InChI is InChI=1S/C17H20N2O3S2/c1-12-5-3-4-6-14(12)17(9-10-17)16(20)19-11-13-7-8-15(23-13)24(21,22)18-2/h3-8,18H,9-11H2,1-2H3,(H,19,20). The Hall–Kier alpha value is -1.70. The van der Waals surface area contributed by atoms with Crippen molar-refractivity contribution in [1.29, 1.82) is 0 Å². The number of carbonyl (C=O) groups is 1. The van der Waals surface area contributed by atoms with E-state index >= 15 is 0 Å². The van der Waals surface area contributed by atoms with Crippen molar-refractivity contribution in [2.75, 3.05) is 7.05 Å². The monoisotopic (exact) mass is 364 g/mol. The van der Waals surface area contributed by atoms with E-state index in [1.807, 2.05) is 31.2 Å². The van der Waals surface area contributed by atoms with Gasteiger partial charge >= 0.3 is 0 Å². The molecule has 1 fully saturated rings. The fourth-order valence-corrected chi connectivity index (χ4v) is 5.02. The summed E-state index contributed by atoms with van der Waals surface area (Å²) in [5.41, 5.74) is 1.80. The molecule has 0 radical (unpaired) electrons. The minimum Gasteiger partial charge on any atom is -0.350 e. The Morgan fingerprint density at radius 3 is 2.54 bits per heavy atom. The van der Waals surface area contributed by atoms with Crippen LogP contribution in [0.15, 0.2) is 40.6 Å². The molecule has 128 valence electrons. The van der Waals surface area contributed by atoms with E-state index < -0.39 is 15.4 Å². The van der Waals surface area contributed by atoms with Gasteiger partial charge in [-0.1, -0.05) is 24.3 Å². The first-order chi connectivity index (χ1) is 11.4. The summed E-state index contributed by atoms with van der Waals surface area (Å²) in [5.74, 6) is 0.0169. The summed E-state index contributed by atoms with van der Waals surface area (Å²) in [6.07, 6.45) is 1.71. The lowest BCUT2D eigenvalue weighted by Gasteiger charge is -2.17. The van der Waals surface area contributed by atoms with Crippen LogP contribution in [0, 0.1) is 6.92 Å². The summed E-state index contributed by atoms with van der Waals surface area (Å²) in [4.78, 5) is 13.5. The van der Waals surface area contributed by atoms with E-state index in [0.717, 1.165) is 28.8 Å². The molecule has 2 aromatic rings. The molecule has 1 heterocycles. The van der Waals surface area contributed by atoms with Crippen LogP contribution in [-0.2, 0) is 26.8 Å². The Bertz CT molecular complexity index is 867. The predicted octanol–water partition coefficient (Wildman–Crippen LogP) is 2.31. The lowest BCUT2D eigenvalue weighted by molar-refractivity contribution is -0.123. The zero-order valence-corrected chi connectivity index (χ0v) is 15.3. The zero-order valence-electron chi connectivity index (χ0n) is 13.6. The summed E-state index contributed by atoms with van der Waals surface area (Å²) >= 11 is 1.17. The summed E-state index contributed by atoms with van der Waals surface area (Å²) < 4.78 is 26.1. The van der Waals surface area contributed by atoms with Crippen LogP contribution in [-0.4, -0.2) is 21.4 Å². The minimum absolute atomic E-state index is 0.0169. The number of thiophene rings is 1. The molecule has 3 rings (SSSR count). The Morgan fingerprint density at radius 2 is 1.92 bits per heavy atom. The highest BCUT2D eigenvalue weighted by Gasteiger charge is 2.51. The van der Waals surface area contributed by atoms with Crippen LogP contribution in [0.2, 0.25) is 0 Å². The number of carbonyl (C=O) groups excluding carboxylic acids is 1. The number of amides is 1. The van der Waals surface area contributed by atoms with Gasteiger partial charge < -0.3 is 5.32 Å². The van der Waals surface area contributed by atoms with Gasteiger partial charge in [0, 0.05) is 4.88 Å². The molecule has 1 aromatic carbocycles. The van der Waals surface area contributed by atoms with E-state index in [-0.39, 0.29) is 10.1 Å². The predicted molar refractivity (Wildman–Crippen MR) is 94.5 cm³/mol. The Balaban J connectivity index is 1.70. The third kappa shape index (κ3) is 3.11. The molecule has 0 saturated heterocycles. The van der Waals surface area contributed by atoms with E-state index in [1.165, 1.54) is 18.4 Å². The number of nitrogens with one attached hydrogen (secondary N) is 2. The highest BCUT2D eigenvalue weighted by atomic mass is 32.2. The van der Waals surface area contributed by atoms with Gasteiger partial charge in [0.1, 0.15) is 4.21 Å². The maximum Gasteiger partial charge on any atom is 0.249 e. The number of sulfonamides is 1.